The zero-order valence-electron chi connectivity index (χ0n) is 33.0. The monoisotopic (exact) mass is 764 g/mol. The predicted molar refractivity (Wildman–Crippen MR) is 255 cm³/mol. The molecule has 0 N–H and O–H groups in total. The highest BCUT2D eigenvalue weighted by Crippen LogP contribution is 2.46. The van der Waals surface area contributed by atoms with Gasteiger partial charge in [0.15, 0.2) is 0 Å². The molecular formula is C58H40N2. The van der Waals surface area contributed by atoms with E-state index in [-0.39, 0.29) is 0 Å². The summed E-state index contributed by atoms with van der Waals surface area (Å²) in [6.07, 6.45) is 0. The van der Waals surface area contributed by atoms with Gasteiger partial charge in [0.25, 0.3) is 0 Å². The fourth-order valence-electron chi connectivity index (χ4n) is 9.01. The molecule has 11 aromatic rings. The molecule has 0 spiro atoms. The Kier molecular flexibility index (Phi) is 8.87. The molecule has 0 aliphatic rings. The summed E-state index contributed by atoms with van der Waals surface area (Å²) in [5, 5.41) is 4.95. The molecule has 0 unspecified atom stereocenters. The second kappa shape index (κ2) is 15.1. The number of para-hydroxylation sites is 3. The largest absolute Gasteiger partial charge is 0.310 e. The van der Waals surface area contributed by atoms with Gasteiger partial charge in [-0.2, -0.15) is 0 Å². The van der Waals surface area contributed by atoms with Gasteiger partial charge in [-0.1, -0.05) is 188 Å². The first kappa shape index (κ1) is 35.2. The molecule has 0 amide bonds. The summed E-state index contributed by atoms with van der Waals surface area (Å²) < 4.78 is 2.38. The molecule has 0 saturated carbocycles. The van der Waals surface area contributed by atoms with E-state index in [2.05, 4.69) is 252 Å². The van der Waals surface area contributed by atoms with E-state index in [1.807, 2.05) is 0 Å². The molecule has 1 heterocycles. The van der Waals surface area contributed by atoms with Crippen molar-refractivity contribution in [2.45, 2.75) is 0 Å². The van der Waals surface area contributed by atoms with Crippen molar-refractivity contribution in [3.8, 4) is 50.2 Å². The van der Waals surface area contributed by atoms with E-state index in [1.165, 1.54) is 77.1 Å². The molecule has 0 bridgehead atoms. The second-order valence-corrected chi connectivity index (χ2v) is 15.3. The van der Waals surface area contributed by atoms with Gasteiger partial charge in [-0.05, 0) is 104 Å². The van der Waals surface area contributed by atoms with Gasteiger partial charge in [0.1, 0.15) is 0 Å². The van der Waals surface area contributed by atoms with Gasteiger partial charge in [-0.25, -0.2) is 0 Å². The van der Waals surface area contributed by atoms with Gasteiger partial charge in [0.05, 0.1) is 16.7 Å². The summed E-state index contributed by atoms with van der Waals surface area (Å²) in [7, 11) is 0. The quantitative estimate of drug-likeness (QED) is 0.150. The van der Waals surface area contributed by atoms with E-state index in [0.29, 0.717) is 0 Å². The molecule has 0 aliphatic heterocycles. The molecular weight excluding hydrogens is 725 g/mol. The van der Waals surface area contributed by atoms with Crippen molar-refractivity contribution < 1.29 is 0 Å². The third-order valence-electron chi connectivity index (χ3n) is 11.8. The average Bonchev–Trinajstić information content (AvgIpc) is 3.67. The molecule has 2 heteroatoms. The van der Waals surface area contributed by atoms with Gasteiger partial charge >= 0.3 is 0 Å². The zero-order valence-corrected chi connectivity index (χ0v) is 33.0. The minimum absolute atomic E-state index is 1.08. The van der Waals surface area contributed by atoms with Crippen LogP contribution in [0.1, 0.15) is 0 Å². The van der Waals surface area contributed by atoms with E-state index in [0.717, 1.165) is 22.7 Å². The van der Waals surface area contributed by atoms with Gasteiger partial charge in [-0.15, -0.1) is 0 Å². The number of rotatable bonds is 8. The minimum Gasteiger partial charge on any atom is -0.310 e. The van der Waals surface area contributed by atoms with Crippen LogP contribution in [-0.4, -0.2) is 4.57 Å². The average molecular weight is 765 g/mol. The molecule has 0 atom stereocenters. The lowest BCUT2D eigenvalue weighted by Crippen LogP contribution is -2.12. The highest BCUT2D eigenvalue weighted by Gasteiger charge is 2.21. The first-order valence-electron chi connectivity index (χ1n) is 20.6. The third-order valence-corrected chi connectivity index (χ3v) is 11.8. The SMILES string of the molecule is c1ccc(-c2cc(N(c3cc(-c4ccccc4)c4ccccc4c3)c3ccccc3-c3ccccc3)ccc2-c2ccc(-n3c4ccccc4c4ccccc43)cc2)cc1. The Bertz CT molecular complexity index is 3240. The molecule has 0 radical (unpaired) electrons. The van der Waals surface area contributed by atoms with Crippen molar-refractivity contribution in [1.82, 2.24) is 4.57 Å². The lowest BCUT2D eigenvalue weighted by Gasteiger charge is -2.30. The van der Waals surface area contributed by atoms with Crippen LogP contribution in [0.2, 0.25) is 0 Å². The smallest absolute Gasteiger partial charge is 0.0541 e. The Morgan fingerprint density at radius 1 is 0.283 bits per heavy atom. The number of anilines is 3. The third kappa shape index (κ3) is 6.23. The summed E-state index contributed by atoms with van der Waals surface area (Å²) in [5.41, 5.74) is 16.3. The van der Waals surface area contributed by atoms with Crippen LogP contribution in [0.4, 0.5) is 17.1 Å². The number of nitrogens with zero attached hydrogens (tertiary/aromatic N) is 2. The van der Waals surface area contributed by atoms with E-state index in [9.17, 15) is 0 Å². The number of hydrogen-bond donors (Lipinski definition) is 0. The maximum Gasteiger partial charge on any atom is 0.0541 e. The second-order valence-electron chi connectivity index (χ2n) is 15.3. The standard InChI is InChI=1S/C58H40N2/c1-4-18-41(19-5-1)51-26-12-15-29-56(51)59(48-38-45-24-10-11-25-49(45)55(40-48)43-22-8-3-9-23-43)47-36-37-50(54(39-47)42-20-6-2-7-21-42)44-32-34-46(35-33-44)60-57-30-16-13-27-52(57)53-28-14-17-31-58(53)60/h1-40H. The van der Waals surface area contributed by atoms with Gasteiger partial charge in [-0.3, -0.25) is 0 Å². The van der Waals surface area contributed by atoms with Crippen molar-refractivity contribution in [3.63, 3.8) is 0 Å². The van der Waals surface area contributed by atoms with E-state index >= 15 is 0 Å². The van der Waals surface area contributed by atoms with Crippen LogP contribution < -0.4 is 4.90 Å². The summed E-state index contributed by atoms with van der Waals surface area (Å²) >= 11 is 0. The minimum atomic E-state index is 1.08. The van der Waals surface area contributed by atoms with Crippen molar-refractivity contribution in [1.29, 1.82) is 0 Å². The summed E-state index contributed by atoms with van der Waals surface area (Å²) in [6, 6.07) is 88.0. The molecule has 0 aliphatic carbocycles. The Morgan fingerprint density at radius 2 is 0.767 bits per heavy atom. The van der Waals surface area contributed by atoms with Gasteiger partial charge in [0, 0.05) is 33.4 Å². The highest BCUT2D eigenvalue weighted by molar-refractivity contribution is 6.09. The lowest BCUT2D eigenvalue weighted by atomic mass is 9.92. The zero-order chi connectivity index (χ0) is 39.8. The maximum absolute atomic E-state index is 2.45. The molecule has 1 aromatic heterocycles. The van der Waals surface area contributed by atoms with Crippen molar-refractivity contribution >= 4 is 49.6 Å². The maximum atomic E-state index is 2.45. The Hall–Kier alpha value is -7.94. The van der Waals surface area contributed by atoms with E-state index in [1.54, 1.807) is 0 Å². The number of hydrogen-bond acceptors (Lipinski definition) is 1. The molecule has 60 heavy (non-hydrogen) atoms. The molecule has 0 saturated heterocycles. The Morgan fingerprint density at radius 3 is 1.42 bits per heavy atom. The fourth-order valence-corrected chi connectivity index (χ4v) is 9.01. The molecule has 11 rings (SSSR count). The Balaban J connectivity index is 1.11. The molecule has 0 fully saturated rings. The number of aromatic nitrogens is 1. The summed E-state index contributed by atoms with van der Waals surface area (Å²) in [4.78, 5) is 2.45. The molecule has 282 valence electrons. The highest BCUT2D eigenvalue weighted by atomic mass is 15.1. The predicted octanol–water partition coefficient (Wildman–Crippen LogP) is 16.1. The Labute approximate surface area is 350 Å². The van der Waals surface area contributed by atoms with Crippen molar-refractivity contribution in [2.24, 2.45) is 0 Å². The first-order valence-corrected chi connectivity index (χ1v) is 20.6. The molecule has 2 nitrogen and oxygen atoms in total. The first-order chi connectivity index (χ1) is 29.8. The van der Waals surface area contributed by atoms with Crippen LogP contribution in [0.15, 0.2) is 243 Å². The number of fused-ring (bicyclic) bond motifs is 4. The van der Waals surface area contributed by atoms with Crippen LogP contribution >= 0.6 is 0 Å². The van der Waals surface area contributed by atoms with Gasteiger partial charge in [0.2, 0.25) is 0 Å². The van der Waals surface area contributed by atoms with Crippen molar-refractivity contribution in [2.75, 3.05) is 4.90 Å². The van der Waals surface area contributed by atoms with Gasteiger partial charge < -0.3 is 9.47 Å². The van der Waals surface area contributed by atoms with E-state index < -0.39 is 0 Å². The van der Waals surface area contributed by atoms with Crippen LogP contribution in [0.5, 0.6) is 0 Å². The number of benzene rings is 10. The lowest BCUT2D eigenvalue weighted by molar-refractivity contribution is 1.18. The van der Waals surface area contributed by atoms with Crippen molar-refractivity contribution in [3.05, 3.63) is 243 Å². The summed E-state index contributed by atoms with van der Waals surface area (Å²) in [5.74, 6) is 0. The van der Waals surface area contributed by atoms with Crippen LogP contribution in [-0.2, 0) is 0 Å². The van der Waals surface area contributed by atoms with Crippen LogP contribution in [0.3, 0.4) is 0 Å². The normalized spacial score (nSPS) is 11.3. The summed E-state index contributed by atoms with van der Waals surface area (Å²) in [6.45, 7) is 0. The van der Waals surface area contributed by atoms with Crippen LogP contribution in [0, 0.1) is 0 Å². The molecule has 10 aromatic carbocycles. The fraction of sp³-hybridized carbons (Fsp3) is 0. The van der Waals surface area contributed by atoms with E-state index in [4.69, 9.17) is 0 Å². The van der Waals surface area contributed by atoms with Crippen LogP contribution in [0.25, 0.3) is 82.8 Å². The topological polar surface area (TPSA) is 8.17 Å².